The van der Waals surface area contributed by atoms with Crippen molar-refractivity contribution in [1.29, 1.82) is 0 Å². The molecule has 3 aromatic rings. The van der Waals surface area contributed by atoms with E-state index in [-0.39, 0.29) is 11.7 Å². The lowest BCUT2D eigenvalue weighted by Crippen LogP contribution is -2.25. The third kappa shape index (κ3) is 3.92. The topological polar surface area (TPSA) is 42.2 Å². The molecule has 0 amide bonds. The van der Waals surface area contributed by atoms with Crippen molar-refractivity contribution in [3.8, 4) is 0 Å². The highest BCUT2D eigenvalue weighted by Gasteiger charge is 2.17. The van der Waals surface area contributed by atoms with E-state index in [4.69, 9.17) is 4.42 Å². The summed E-state index contributed by atoms with van der Waals surface area (Å²) in [5.74, 6) is 0.898. The highest BCUT2D eigenvalue weighted by molar-refractivity contribution is 7.10. The van der Waals surface area contributed by atoms with Gasteiger partial charge in [-0.05, 0) is 59.0 Å². The molecule has 0 aliphatic rings. The highest BCUT2D eigenvalue weighted by Crippen LogP contribution is 2.29. The van der Waals surface area contributed by atoms with Gasteiger partial charge in [-0.25, -0.2) is 4.79 Å². The van der Waals surface area contributed by atoms with Gasteiger partial charge in [-0.3, -0.25) is 0 Å². The highest BCUT2D eigenvalue weighted by atomic mass is 32.1. The van der Waals surface area contributed by atoms with Gasteiger partial charge in [-0.1, -0.05) is 33.8 Å². The van der Waals surface area contributed by atoms with E-state index in [1.165, 1.54) is 16.0 Å². The van der Waals surface area contributed by atoms with Crippen LogP contribution in [0.4, 0.5) is 0 Å². The summed E-state index contributed by atoms with van der Waals surface area (Å²) in [5.41, 5.74) is 3.85. The number of benzene rings is 1. The molecule has 0 radical (unpaired) electrons. The van der Waals surface area contributed by atoms with E-state index in [1.54, 1.807) is 17.4 Å². The molecule has 0 spiro atoms. The maximum Gasteiger partial charge on any atom is 0.336 e. The molecule has 3 nitrogen and oxygen atoms in total. The third-order valence-electron chi connectivity index (χ3n) is 4.87. The van der Waals surface area contributed by atoms with Gasteiger partial charge in [0.2, 0.25) is 0 Å². The quantitative estimate of drug-likeness (QED) is 0.561. The molecular formula is C22H27NO2S. The molecule has 0 fully saturated rings. The van der Waals surface area contributed by atoms with Gasteiger partial charge in [0, 0.05) is 28.9 Å². The van der Waals surface area contributed by atoms with Crippen LogP contribution in [0.2, 0.25) is 0 Å². The maximum atomic E-state index is 12.0. The zero-order valence-electron chi connectivity index (χ0n) is 16.1. The Balaban J connectivity index is 1.98. The molecule has 4 heteroatoms. The van der Waals surface area contributed by atoms with E-state index >= 15 is 0 Å². The van der Waals surface area contributed by atoms with Gasteiger partial charge in [0.15, 0.2) is 0 Å². The summed E-state index contributed by atoms with van der Waals surface area (Å²) >= 11 is 1.77. The van der Waals surface area contributed by atoms with Crippen LogP contribution in [-0.2, 0) is 6.54 Å². The van der Waals surface area contributed by atoms with Gasteiger partial charge >= 0.3 is 5.63 Å². The molecule has 1 aromatic carbocycles. The van der Waals surface area contributed by atoms with Crippen molar-refractivity contribution >= 4 is 22.3 Å². The molecule has 1 atom stereocenters. The predicted octanol–water partition coefficient (Wildman–Crippen LogP) is 5.77. The fourth-order valence-electron chi connectivity index (χ4n) is 3.51. The van der Waals surface area contributed by atoms with Crippen molar-refractivity contribution in [3.05, 3.63) is 67.7 Å². The predicted molar refractivity (Wildman–Crippen MR) is 110 cm³/mol. The van der Waals surface area contributed by atoms with E-state index in [0.29, 0.717) is 24.0 Å². The summed E-state index contributed by atoms with van der Waals surface area (Å²) in [6.07, 6.45) is 0. The van der Waals surface area contributed by atoms with E-state index in [2.05, 4.69) is 63.5 Å². The van der Waals surface area contributed by atoms with Gasteiger partial charge in [0.1, 0.15) is 5.58 Å². The minimum absolute atomic E-state index is 0.271. The monoisotopic (exact) mass is 369 g/mol. The van der Waals surface area contributed by atoms with E-state index < -0.39 is 0 Å². The largest absolute Gasteiger partial charge is 0.423 e. The molecule has 0 saturated heterocycles. The molecule has 26 heavy (non-hydrogen) atoms. The Labute approximate surface area is 159 Å². The molecular weight excluding hydrogens is 342 g/mol. The first-order valence-corrected chi connectivity index (χ1v) is 10.1. The van der Waals surface area contributed by atoms with Crippen LogP contribution in [0, 0.1) is 12.8 Å². The number of hydrogen-bond donors (Lipinski definition) is 1. The molecule has 0 aliphatic heterocycles. The zero-order valence-corrected chi connectivity index (χ0v) is 16.9. The minimum Gasteiger partial charge on any atom is -0.423 e. The van der Waals surface area contributed by atoms with Crippen LogP contribution in [0.3, 0.4) is 0 Å². The van der Waals surface area contributed by atoms with Gasteiger partial charge in [0.25, 0.3) is 0 Å². The smallest absolute Gasteiger partial charge is 0.336 e. The lowest BCUT2D eigenvalue weighted by atomic mass is 9.94. The van der Waals surface area contributed by atoms with Gasteiger partial charge < -0.3 is 9.73 Å². The molecule has 2 aromatic heterocycles. The van der Waals surface area contributed by atoms with Crippen molar-refractivity contribution in [3.63, 3.8) is 0 Å². The molecule has 0 aliphatic carbocycles. The first-order chi connectivity index (χ1) is 12.4. The summed E-state index contributed by atoms with van der Waals surface area (Å²) < 4.78 is 5.46. The SMILES string of the molecule is Cc1cc2oc(=O)cc(CN[C@H](c3cccs3)C(C)C)c2cc1C(C)C. The Morgan fingerprint density at radius 2 is 1.92 bits per heavy atom. The summed E-state index contributed by atoms with van der Waals surface area (Å²) in [6.45, 7) is 11.5. The van der Waals surface area contributed by atoms with Crippen molar-refractivity contribution in [1.82, 2.24) is 5.32 Å². The van der Waals surface area contributed by atoms with Crippen LogP contribution >= 0.6 is 11.3 Å². The molecule has 0 bridgehead atoms. The standard InChI is InChI=1S/C22H27NO2S/c1-13(2)17-11-18-16(10-21(24)25-19(18)9-15(17)5)12-23-22(14(3)4)20-7-6-8-26-20/h6-11,13-14,22-23H,12H2,1-5H3/t22-/m0/s1. The maximum absolute atomic E-state index is 12.0. The van der Waals surface area contributed by atoms with Crippen molar-refractivity contribution < 1.29 is 4.42 Å². The Hall–Kier alpha value is -1.91. The van der Waals surface area contributed by atoms with Crippen LogP contribution in [0.15, 0.2) is 44.9 Å². The zero-order chi connectivity index (χ0) is 18.8. The van der Waals surface area contributed by atoms with Crippen LogP contribution in [0.25, 0.3) is 11.0 Å². The summed E-state index contributed by atoms with van der Waals surface area (Å²) in [6, 6.07) is 10.3. The van der Waals surface area contributed by atoms with Gasteiger partial charge in [0.05, 0.1) is 0 Å². The fraction of sp³-hybridized carbons (Fsp3) is 0.409. The number of nitrogens with one attached hydrogen (secondary N) is 1. The van der Waals surface area contributed by atoms with E-state index in [0.717, 1.165) is 10.9 Å². The Morgan fingerprint density at radius 1 is 1.15 bits per heavy atom. The normalized spacial score (nSPS) is 13.0. The summed E-state index contributed by atoms with van der Waals surface area (Å²) in [4.78, 5) is 13.4. The number of rotatable bonds is 6. The van der Waals surface area contributed by atoms with Crippen LogP contribution in [0.5, 0.6) is 0 Å². The lowest BCUT2D eigenvalue weighted by molar-refractivity contribution is 0.416. The number of aryl methyl sites for hydroxylation is 1. The van der Waals surface area contributed by atoms with E-state index in [9.17, 15) is 4.79 Å². The minimum atomic E-state index is -0.289. The Morgan fingerprint density at radius 3 is 2.54 bits per heavy atom. The van der Waals surface area contributed by atoms with Crippen molar-refractivity contribution in [2.24, 2.45) is 5.92 Å². The second-order valence-electron chi connectivity index (χ2n) is 7.57. The number of thiophene rings is 1. The second-order valence-corrected chi connectivity index (χ2v) is 8.55. The first-order valence-electron chi connectivity index (χ1n) is 9.21. The molecule has 1 N–H and O–H groups in total. The van der Waals surface area contributed by atoms with Crippen LogP contribution in [-0.4, -0.2) is 0 Å². The second kappa shape index (κ2) is 7.77. The molecule has 0 saturated carbocycles. The summed E-state index contributed by atoms with van der Waals surface area (Å²) in [7, 11) is 0. The summed E-state index contributed by atoms with van der Waals surface area (Å²) in [5, 5.41) is 6.79. The Bertz CT molecular complexity index is 939. The van der Waals surface area contributed by atoms with Crippen molar-refractivity contribution in [2.75, 3.05) is 0 Å². The fourth-order valence-corrected chi connectivity index (χ4v) is 4.49. The average molecular weight is 370 g/mol. The van der Waals surface area contributed by atoms with Gasteiger partial charge in [-0.2, -0.15) is 0 Å². The number of fused-ring (bicyclic) bond motifs is 1. The molecule has 138 valence electrons. The third-order valence-corrected chi connectivity index (χ3v) is 5.82. The number of hydrogen-bond acceptors (Lipinski definition) is 4. The van der Waals surface area contributed by atoms with Crippen molar-refractivity contribution in [2.45, 2.75) is 53.1 Å². The van der Waals surface area contributed by atoms with E-state index in [1.807, 2.05) is 6.07 Å². The molecule has 2 heterocycles. The van der Waals surface area contributed by atoms with Crippen LogP contribution in [0.1, 0.15) is 61.2 Å². The Kier molecular flexibility index (Phi) is 5.64. The first kappa shape index (κ1) is 18.9. The molecule has 0 unspecified atom stereocenters. The lowest BCUT2D eigenvalue weighted by Gasteiger charge is -2.22. The van der Waals surface area contributed by atoms with Gasteiger partial charge in [-0.15, -0.1) is 11.3 Å². The average Bonchev–Trinajstić information content (AvgIpc) is 3.07. The molecule has 3 rings (SSSR count). The van der Waals surface area contributed by atoms with Crippen LogP contribution < -0.4 is 10.9 Å².